The molecule has 4 rings (SSSR count). The fourth-order valence-corrected chi connectivity index (χ4v) is 4.50. The predicted molar refractivity (Wildman–Crippen MR) is 101 cm³/mol. The molecule has 4 nitrogen and oxygen atoms in total. The van der Waals surface area contributed by atoms with Gasteiger partial charge in [0.15, 0.2) is 0 Å². The Morgan fingerprint density at radius 3 is 2.59 bits per heavy atom. The van der Waals surface area contributed by atoms with Crippen molar-refractivity contribution >= 4 is 5.91 Å². The predicted octanol–water partition coefficient (Wildman–Crippen LogP) is 3.55. The van der Waals surface area contributed by atoms with E-state index in [4.69, 9.17) is 0 Å². The van der Waals surface area contributed by atoms with E-state index in [1.165, 1.54) is 12.1 Å². The van der Waals surface area contributed by atoms with Crippen LogP contribution in [0.2, 0.25) is 0 Å². The van der Waals surface area contributed by atoms with E-state index in [1.807, 2.05) is 17.0 Å². The number of amides is 1. The molecular weight excluding hydrogens is 343 g/mol. The number of likely N-dealkylation sites (tertiary alicyclic amines) is 2. The molecule has 0 aliphatic carbocycles. The molecule has 0 bridgehead atoms. The molecule has 0 saturated carbocycles. The van der Waals surface area contributed by atoms with Crippen molar-refractivity contribution in [1.29, 1.82) is 0 Å². The van der Waals surface area contributed by atoms with Crippen molar-refractivity contribution in [2.45, 2.75) is 32.4 Å². The third-order valence-corrected chi connectivity index (χ3v) is 5.86. The summed E-state index contributed by atoms with van der Waals surface area (Å²) in [5.41, 5.74) is 1.74. The lowest BCUT2D eigenvalue weighted by atomic mass is 9.78. The van der Waals surface area contributed by atoms with Crippen molar-refractivity contribution in [2.24, 2.45) is 5.41 Å². The number of phenolic OH excluding ortho intramolecular Hbond substituents is 1. The van der Waals surface area contributed by atoms with Crippen LogP contribution in [0.4, 0.5) is 4.39 Å². The summed E-state index contributed by atoms with van der Waals surface area (Å²) in [5.74, 6) is 0.260. The molecule has 2 aromatic rings. The van der Waals surface area contributed by atoms with Crippen LogP contribution in [0.3, 0.4) is 0 Å². The number of hydrogen-bond donors (Lipinski definition) is 1. The second-order valence-corrected chi connectivity index (χ2v) is 7.87. The Balaban J connectivity index is 1.43. The Labute approximate surface area is 159 Å². The molecule has 2 aromatic carbocycles. The highest BCUT2D eigenvalue weighted by Gasteiger charge is 2.48. The maximum Gasteiger partial charge on any atom is 0.230 e. The fourth-order valence-electron chi connectivity index (χ4n) is 4.50. The van der Waals surface area contributed by atoms with Crippen molar-refractivity contribution in [3.63, 3.8) is 0 Å². The van der Waals surface area contributed by atoms with Crippen LogP contribution in [0.5, 0.6) is 5.75 Å². The standard InChI is InChI=1S/C22H25FN2O2/c23-19-7-5-17(6-8-19)15-25-11-2-9-22(21(25)27)10-12-24(16-22)14-18-3-1-4-20(26)13-18/h1,3-8,13,26H,2,9-12,14-16H2. The van der Waals surface area contributed by atoms with Crippen LogP contribution < -0.4 is 0 Å². The molecule has 0 radical (unpaired) electrons. The summed E-state index contributed by atoms with van der Waals surface area (Å²) < 4.78 is 13.1. The fraction of sp³-hybridized carbons (Fsp3) is 0.409. The number of rotatable bonds is 4. The molecule has 1 unspecified atom stereocenters. The van der Waals surface area contributed by atoms with Gasteiger partial charge in [-0.2, -0.15) is 0 Å². The highest BCUT2D eigenvalue weighted by molar-refractivity contribution is 5.84. The molecule has 5 heteroatoms. The Hall–Kier alpha value is -2.40. The SMILES string of the molecule is O=C1N(Cc2ccc(F)cc2)CCCC12CCN(Cc1cccc(O)c1)C2. The van der Waals surface area contributed by atoms with Crippen molar-refractivity contribution < 1.29 is 14.3 Å². The average Bonchev–Trinajstić information content (AvgIpc) is 3.04. The first-order valence-corrected chi connectivity index (χ1v) is 9.58. The van der Waals surface area contributed by atoms with Gasteiger partial charge in [0.25, 0.3) is 0 Å². The highest BCUT2D eigenvalue weighted by Crippen LogP contribution is 2.41. The largest absolute Gasteiger partial charge is 0.508 e. The molecule has 2 aliphatic heterocycles. The number of hydrogen-bond acceptors (Lipinski definition) is 3. The molecule has 0 aromatic heterocycles. The van der Waals surface area contributed by atoms with E-state index in [2.05, 4.69) is 4.90 Å². The zero-order valence-electron chi connectivity index (χ0n) is 15.4. The summed E-state index contributed by atoms with van der Waals surface area (Å²) in [6, 6.07) is 13.7. The molecule has 1 spiro atoms. The minimum absolute atomic E-state index is 0.233. The van der Waals surface area contributed by atoms with E-state index in [1.54, 1.807) is 24.3 Å². The van der Waals surface area contributed by atoms with Crippen LogP contribution in [-0.2, 0) is 17.9 Å². The van der Waals surface area contributed by atoms with Crippen molar-refractivity contribution in [2.75, 3.05) is 19.6 Å². The Bertz CT molecular complexity index is 823. The number of phenols is 1. The number of halogens is 1. The van der Waals surface area contributed by atoms with E-state index in [9.17, 15) is 14.3 Å². The van der Waals surface area contributed by atoms with Gasteiger partial charge in [0.05, 0.1) is 5.41 Å². The van der Waals surface area contributed by atoms with Gasteiger partial charge < -0.3 is 10.0 Å². The monoisotopic (exact) mass is 368 g/mol. The lowest BCUT2D eigenvalue weighted by molar-refractivity contribution is -0.146. The minimum Gasteiger partial charge on any atom is -0.508 e. The van der Waals surface area contributed by atoms with Crippen LogP contribution in [0.15, 0.2) is 48.5 Å². The second-order valence-electron chi connectivity index (χ2n) is 7.87. The molecule has 142 valence electrons. The first-order valence-electron chi connectivity index (χ1n) is 9.58. The number of carbonyl (C=O) groups excluding carboxylic acids is 1. The Morgan fingerprint density at radius 2 is 1.81 bits per heavy atom. The molecule has 2 fully saturated rings. The number of carbonyl (C=O) groups is 1. The molecule has 2 aliphatic rings. The average molecular weight is 368 g/mol. The molecule has 1 N–H and O–H groups in total. The van der Waals surface area contributed by atoms with Crippen molar-refractivity contribution in [3.05, 3.63) is 65.5 Å². The Kier molecular flexibility index (Phi) is 4.87. The number of nitrogens with zero attached hydrogens (tertiary/aromatic N) is 2. The van der Waals surface area contributed by atoms with E-state index >= 15 is 0 Å². The number of piperidine rings is 1. The lowest BCUT2D eigenvalue weighted by Gasteiger charge is -2.39. The summed E-state index contributed by atoms with van der Waals surface area (Å²) in [7, 11) is 0. The minimum atomic E-state index is -0.297. The zero-order valence-corrected chi connectivity index (χ0v) is 15.4. The Morgan fingerprint density at radius 1 is 1.00 bits per heavy atom. The highest BCUT2D eigenvalue weighted by atomic mass is 19.1. The summed E-state index contributed by atoms with van der Waals surface area (Å²) in [6.45, 7) is 3.73. The van der Waals surface area contributed by atoms with Gasteiger partial charge >= 0.3 is 0 Å². The first-order chi connectivity index (χ1) is 13.0. The summed E-state index contributed by atoms with van der Waals surface area (Å²) >= 11 is 0. The van der Waals surface area contributed by atoms with Gasteiger partial charge in [-0.05, 0) is 61.2 Å². The lowest BCUT2D eigenvalue weighted by Crippen LogP contribution is -2.49. The van der Waals surface area contributed by atoms with Crippen LogP contribution in [-0.4, -0.2) is 40.4 Å². The van der Waals surface area contributed by atoms with Crippen LogP contribution >= 0.6 is 0 Å². The third-order valence-electron chi connectivity index (χ3n) is 5.86. The van der Waals surface area contributed by atoms with Gasteiger partial charge in [0.1, 0.15) is 11.6 Å². The molecule has 2 heterocycles. The van der Waals surface area contributed by atoms with Crippen LogP contribution in [0, 0.1) is 11.2 Å². The van der Waals surface area contributed by atoms with E-state index in [0.29, 0.717) is 6.54 Å². The van der Waals surface area contributed by atoms with Gasteiger partial charge in [-0.15, -0.1) is 0 Å². The van der Waals surface area contributed by atoms with Gasteiger partial charge in [-0.1, -0.05) is 24.3 Å². The summed E-state index contributed by atoms with van der Waals surface area (Å²) in [5, 5.41) is 9.66. The van der Waals surface area contributed by atoms with E-state index in [-0.39, 0.29) is 22.9 Å². The molecule has 1 amide bonds. The maximum atomic E-state index is 13.3. The summed E-state index contributed by atoms with van der Waals surface area (Å²) in [6.07, 6.45) is 2.82. The normalized spacial score (nSPS) is 23.3. The van der Waals surface area contributed by atoms with E-state index < -0.39 is 0 Å². The smallest absolute Gasteiger partial charge is 0.230 e. The van der Waals surface area contributed by atoms with E-state index in [0.717, 1.165) is 56.6 Å². The molecule has 1 atom stereocenters. The molecule has 27 heavy (non-hydrogen) atoms. The van der Waals surface area contributed by atoms with Gasteiger partial charge in [0, 0.05) is 26.2 Å². The molecule has 2 saturated heterocycles. The number of benzene rings is 2. The van der Waals surface area contributed by atoms with Crippen molar-refractivity contribution in [1.82, 2.24) is 9.80 Å². The van der Waals surface area contributed by atoms with Crippen molar-refractivity contribution in [3.8, 4) is 5.75 Å². The first kappa shape index (κ1) is 18.0. The summed E-state index contributed by atoms with van der Waals surface area (Å²) in [4.78, 5) is 17.5. The third kappa shape index (κ3) is 3.83. The van der Waals surface area contributed by atoms with Crippen LogP contribution in [0.25, 0.3) is 0 Å². The molecular formula is C22H25FN2O2. The number of aromatic hydroxyl groups is 1. The second kappa shape index (κ2) is 7.31. The van der Waals surface area contributed by atoms with Gasteiger partial charge in [0.2, 0.25) is 5.91 Å². The van der Waals surface area contributed by atoms with Gasteiger partial charge in [-0.25, -0.2) is 4.39 Å². The topological polar surface area (TPSA) is 43.8 Å². The van der Waals surface area contributed by atoms with Crippen LogP contribution in [0.1, 0.15) is 30.4 Å². The zero-order chi connectivity index (χ0) is 18.9. The maximum absolute atomic E-state index is 13.3. The quantitative estimate of drug-likeness (QED) is 0.898. The van der Waals surface area contributed by atoms with Gasteiger partial charge in [-0.3, -0.25) is 9.69 Å².